The Balaban J connectivity index is 2.02. The summed E-state index contributed by atoms with van der Waals surface area (Å²) in [5.74, 6) is -0.622. The van der Waals surface area contributed by atoms with Crippen LogP contribution in [0.15, 0.2) is 13.6 Å². The summed E-state index contributed by atoms with van der Waals surface area (Å²) in [5.41, 5.74) is 0. The van der Waals surface area contributed by atoms with Crippen molar-refractivity contribution in [3.05, 3.63) is 22.1 Å². The lowest BCUT2D eigenvalue weighted by molar-refractivity contribution is -0.133. The highest BCUT2D eigenvalue weighted by molar-refractivity contribution is 7.81. The predicted octanol–water partition coefficient (Wildman–Crippen LogP) is 0.639. The second-order valence-corrected chi connectivity index (χ2v) is 6.01. The molecule has 2 rings (SSSR count). The molecule has 1 aliphatic heterocycles. The Morgan fingerprint density at radius 2 is 2.09 bits per heavy atom. The van der Waals surface area contributed by atoms with Gasteiger partial charge in [0, 0.05) is 25.9 Å². The van der Waals surface area contributed by atoms with Crippen LogP contribution in [0.3, 0.4) is 0 Å². The summed E-state index contributed by atoms with van der Waals surface area (Å²) in [5, 5.41) is -0.0879. The van der Waals surface area contributed by atoms with Gasteiger partial charge in [-0.2, -0.15) is 12.6 Å². The van der Waals surface area contributed by atoms with Gasteiger partial charge in [0.05, 0.1) is 0 Å². The minimum atomic E-state index is -0.846. The molecule has 0 radical (unpaired) electrons. The van der Waals surface area contributed by atoms with Gasteiger partial charge in [0.15, 0.2) is 18.1 Å². The molecule has 1 aromatic heterocycles. The van der Waals surface area contributed by atoms with E-state index in [1.165, 1.54) is 16.7 Å². The molecule has 1 fully saturated rings. The summed E-state index contributed by atoms with van der Waals surface area (Å²) in [7, 11) is 3.25. The van der Waals surface area contributed by atoms with Crippen LogP contribution in [0.25, 0.3) is 0 Å². The zero-order valence-electron chi connectivity index (χ0n) is 12.6. The van der Waals surface area contributed by atoms with Crippen molar-refractivity contribution in [2.75, 3.05) is 20.6 Å². The molecule has 8 nitrogen and oxygen atoms in total. The van der Waals surface area contributed by atoms with E-state index in [1.54, 1.807) is 14.1 Å². The number of amides is 2. The molecule has 22 heavy (non-hydrogen) atoms. The average Bonchev–Trinajstić information content (AvgIpc) is 2.97. The first-order valence-electron chi connectivity index (χ1n) is 6.71. The van der Waals surface area contributed by atoms with E-state index < -0.39 is 18.0 Å². The van der Waals surface area contributed by atoms with Crippen molar-refractivity contribution < 1.29 is 23.2 Å². The molecular formula is C13H18N2O6S. The molecule has 122 valence electrons. The third kappa shape index (κ3) is 3.46. The van der Waals surface area contributed by atoms with E-state index in [0.29, 0.717) is 13.0 Å². The molecule has 0 N–H and O–H groups in total. The molecule has 0 bridgehead atoms. The van der Waals surface area contributed by atoms with Crippen molar-refractivity contribution in [2.45, 2.75) is 31.2 Å². The molecule has 1 saturated heterocycles. The Morgan fingerprint density at radius 3 is 2.64 bits per heavy atom. The highest BCUT2D eigenvalue weighted by Crippen LogP contribution is 2.24. The first-order valence-corrected chi connectivity index (χ1v) is 7.23. The fourth-order valence-electron chi connectivity index (χ4n) is 2.26. The number of hydrogen-bond donors (Lipinski definition) is 1. The van der Waals surface area contributed by atoms with Crippen molar-refractivity contribution in [1.82, 2.24) is 9.80 Å². The summed E-state index contributed by atoms with van der Waals surface area (Å²) in [6.45, 7) is 1.62. The Labute approximate surface area is 132 Å². The van der Waals surface area contributed by atoms with Crippen LogP contribution in [0.4, 0.5) is 4.79 Å². The summed E-state index contributed by atoms with van der Waals surface area (Å²) >= 11 is 4.33. The van der Waals surface area contributed by atoms with E-state index >= 15 is 0 Å². The Hall–Kier alpha value is -1.90. The molecule has 2 amide bonds. The number of thiol groups is 1. The Bertz CT molecular complexity index is 622. The van der Waals surface area contributed by atoms with Gasteiger partial charge in [0.25, 0.3) is 0 Å². The molecule has 0 spiro atoms. The lowest BCUT2D eigenvalue weighted by atomic mass is 10.2. The maximum Gasteiger partial charge on any atom is 0.519 e. The van der Waals surface area contributed by atoms with Crippen LogP contribution in [0, 0.1) is 6.92 Å². The minimum Gasteiger partial charge on any atom is -0.441 e. The number of carbonyl (C=O) groups excluding carboxylic acids is 2. The first-order chi connectivity index (χ1) is 10.3. The smallest absolute Gasteiger partial charge is 0.441 e. The van der Waals surface area contributed by atoms with Crippen LogP contribution in [0.5, 0.6) is 0 Å². The second kappa shape index (κ2) is 6.47. The van der Waals surface area contributed by atoms with Crippen LogP contribution in [-0.2, 0) is 16.1 Å². The van der Waals surface area contributed by atoms with E-state index in [1.807, 2.05) is 0 Å². The van der Waals surface area contributed by atoms with Crippen LogP contribution in [0.2, 0.25) is 0 Å². The fourth-order valence-corrected chi connectivity index (χ4v) is 2.64. The molecular weight excluding hydrogens is 312 g/mol. The highest BCUT2D eigenvalue weighted by atomic mass is 32.1. The molecule has 0 saturated carbocycles. The van der Waals surface area contributed by atoms with Gasteiger partial charge in [-0.05, 0) is 13.3 Å². The largest absolute Gasteiger partial charge is 0.519 e. The van der Waals surface area contributed by atoms with Gasteiger partial charge in [0.2, 0.25) is 5.91 Å². The van der Waals surface area contributed by atoms with Crippen molar-refractivity contribution in [3.63, 3.8) is 0 Å². The van der Waals surface area contributed by atoms with E-state index in [4.69, 9.17) is 9.15 Å². The molecule has 1 aromatic rings. The number of hydrogen-bond acceptors (Lipinski definition) is 7. The number of nitrogens with zero attached hydrogens (tertiary/aromatic N) is 2. The number of likely N-dealkylation sites (N-methyl/N-ethyl adjacent to an activating group) is 1. The summed E-state index contributed by atoms with van der Waals surface area (Å²) in [6, 6.07) is -0.595. The van der Waals surface area contributed by atoms with Crippen LogP contribution in [0.1, 0.15) is 17.9 Å². The number of likely N-dealkylation sites (tertiary alicyclic amines) is 1. The summed E-state index contributed by atoms with van der Waals surface area (Å²) < 4.78 is 14.5. The molecule has 0 aromatic carbocycles. The van der Waals surface area contributed by atoms with Gasteiger partial charge >= 0.3 is 11.9 Å². The highest BCUT2D eigenvalue weighted by Gasteiger charge is 2.40. The van der Waals surface area contributed by atoms with E-state index in [2.05, 4.69) is 17.0 Å². The van der Waals surface area contributed by atoms with Crippen LogP contribution >= 0.6 is 12.6 Å². The average molecular weight is 330 g/mol. The predicted molar refractivity (Wildman–Crippen MR) is 78.7 cm³/mol. The number of rotatable bonds is 3. The zero-order chi connectivity index (χ0) is 16.4. The van der Waals surface area contributed by atoms with Gasteiger partial charge in [-0.1, -0.05) is 0 Å². The lowest BCUT2D eigenvalue weighted by Crippen LogP contribution is -2.45. The van der Waals surface area contributed by atoms with Crippen LogP contribution < -0.4 is 5.82 Å². The zero-order valence-corrected chi connectivity index (χ0v) is 13.5. The number of aryl methyl sites for hydroxylation is 1. The minimum absolute atomic E-state index is 0.0879. The number of carbonyl (C=O) groups is 2. The van der Waals surface area contributed by atoms with Gasteiger partial charge in [0.1, 0.15) is 6.04 Å². The molecule has 0 aliphatic carbocycles. The van der Waals surface area contributed by atoms with E-state index in [0.717, 1.165) is 0 Å². The Morgan fingerprint density at radius 1 is 1.41 bits per heavy atom. The second-order valence-electron chi connectivity index (χ2n) is 5.28. The molecule has 2 atom stereocenters. The van der Waals surface area contributed by atoms with Crippen LogP contribution in [-0.4, -0.2) is 53.7 Å². The van der Waals surface area contributed by atoms with Gasteiger partial charge in [-0.3, -0.25) is 9.69 Å². The van der Waals surface area contributed by atoms with Gasteiger partial charge in [-0.25, -0.2) is 9.59 Å². The number of ether oxygens (including phenoxy) is 1. The Kier molecular flexibility index (Phi) is 4.84. The molecule has 2 heterocycles. The van der Waals surface area contributed by atoms with Crippen molar-refractivity contribution in [2.24, 2.45) is 0 Å². The topological polar surface area (TPSA) is 93.2 Å². The maximum absolute atomic E-state index is 12.2. The van der Waals surface area contributed by atoms with Gasteiger partial charge in [-0.15, -0.1) is 0 Å². The quantitative estimate of drug-likeness (QED) is 0.818. The van der Waals surface area contributed by atoms with Crippen molar-refractivity contribution in [3.8, 4) is 0 Å². The molecule has 9 heteroatoms. The first kappa shape index (κ1) is 16.5. The molecule has 1 aliphatic rings. The molecule has 0 unspecified atom stereocenters. The fraction of sp³-hybridized carbons (Fsp3) is 0.615. The SMILES string of the molecule is Cc1oc(=O)oc1COC(=O)N1C[C@@H](S)C[C@H]1C(=O)N(C)C. The third-order valence-corrected chi connectivity index (χ3v) is 3.78. The maximum atomic E-state index is 12.2. The lowest BCUT2D eigenvalue weighted by Gasteiger charge is -2.25. The van der Waals surface area contributed by atoms with Gasteiger partial charge < -0.3 is 18.5 Å². The van der Waals surface area contributed by atoms with E-state index in [-0.39, 0.29) is 29.3 Å². The van der Waals surface area contributed by atoms with Crippen molar-refractivity contribution in [1.29, 1.82) is 0 Å². The van der Waals surface area contributed by atoms with Crippen molar-refractivity contribution >= 4 is 24.6 Å². The summed E-state index contributed by atoms with van der Waals surface area (Å²) in [4.78, 5) is 38.0. The standard InChI is InChI=1S/C13H18N2O6S/c1-7-10(21-13(18)20-7)6-19-12(17)15-5-8(22)4-9(15)11(16)14(2)3/h8-9,22H,4-6H2,1-3H3/t8-,9-/m0/s1. The monoisotopic (exact) mass is 330 g/mol. The third-order valence-electron chi connectivity index (χ3n) is 3.40. The summed E-state index contributed by atoms with van der Waals surface area (Å²) in [6.07, 6.45) is -0.185. The normalized spacial score (nSPS) is 21.0. The van der Waals surface area contributed by atoms with E-state index in [9.17, 15) is 14.4 Å².